The van der Waals surface area contributed by atoms with E-state index in [0.29, 0.717) is 19.3 Å². The lowest BCUT2D eigenvalue weighted by Gasteiger charge is -2.18. The van der Waals surface area contributed by atoms with Crippen LogP contribution in [0.1, 0.15) is 258 Å². The lowest BCUT2D eigenvalue weighted by molar-refractivity contribution is -0.167. The number of carbonyl (C=O) groups excluding carboxylic acids is 3. The van der Waals surface area contributed by atoms with Crippen molar-refractivity contribution >= 4 is 17.9 Å². The summed E-state index contributed by atoms with van der Waals surface area (Å²) in [5, 5.41) is 0. The molecule has 0 heterocycles. The average Bonchev–Trinajstić information content (AvgIpc) is 3.34. The van der Waals surface area contributed by atoms with Gasteiger partial charge in [-0.3, -0.25) is 14.4 Å². The van der Waals surface area contributed by atoms with Crippen molar-refractivity contribution in [2.24, 2.45) is 0 Å². The Morgan fingerprint density at radius 1 is 0.309 bits per heavy atom. The smallest absolute Gasteiger partial charge is 0.306 e. The quantitative estimate of drug-likeness (QED) is 0.0262. The van der Waals surface area contributed by atoms with Crippen LogP contribution >= 0.6 is 0 Å². The third-order valence-electron chi connectivity index (χ3n) is 11.8. The monoisotopic (exact) mass is 945 g/mol. The third kappa shape index (κ3) is 53.3. The molecule has 0 radical (unpaired) electrons. The van der Waals surface area contributed by atoms with Crippen molar-refractivity contribution in [1.29, 1.82) is 0 Å². The van der Waals surface area contributed by atoms with Crippen LogP contribution in [0, 0.1) is 0 Å². The molecular weight excluding hydrogens is 841 g/mol. The Kier molecular flexibility index (Phi) is 52.9. The first kappa shape index (κ1) is 64.3. The number of carbonyl (C=O) groups is 3. The second kappa shape index (κ2) is 55.9. The Hall–Kier alpha value is -3.67. The molecule has 0 rings (SSSR count). The maximum Gasteiger partial charge on any atom is 0.306 e. The molecule has 68 heavy (non-hydrogen) atoms. The van der Waals surface area contributed by atoms with Gasteiger partial charge in [0.2, 0.25) is 0 Å². The summed E-state index contributed by atoms with van der Waals surface area (Å²) in [6.07, 6.45) is 74.2. The van der Waals surface area contributed by atoms with Gasteiger partial charge in [0, 0.05) is 19.3 Å². The van der Waals surface area contributed by atoms with Crippen LogP contribution in [-0.4, -0.2) is 37.2 Å². The van der Waals surface area contributed by atoms with Crippen molar-refractivity contribution < 1.29 is 28.6 Å². The predicted octanol–water partition coefficient (Wildman–Crippen LogP) is 18.9. The molecule has 0 amide bonds. The standard InChI is InChI=1S/C62H104O6/c1-4-7-10-13-16-18-20-22-24-26-27-28-29-30-31-32-33-34-35-36-38-39-41-43-46-49-52-55-61(64)67-58-59(57-66-60(63)54-51-48-45-15-12-9-6-3)68-62(65)56-53-50-47-44-42-40-37-25-23-21-19-17-14-11-8-5-2/h7,10,16,18,22,24-25,27-28,30-31,33-34,36-38,59H,4-6,8-9,11-15,17,19-21,23,26,29,32,35,39-58H2,1-3H3/b10-7-,18-16-,24-22-,28-27-,31-30-,34-33-,37-25-,38-36-. The number of allylic oxidation sites excluding steroid dienone is 16. The normalized spacial score (nSPS) is 12.8. The molecule has 1 unspecified atom stereocenters. The van der Waals surface area contributed by atoms with E-state index in [9.17, 15) is 14.4 Å². The van der Waals surface area contributed by atoms with Crippen LogP contribution in [-0.2, 0) is 28.6 Å². The first-order valence-electron chi connectivity index (χ1n) is 28.2. The topological polar surface area (TPSA) is 78.9 Å². The summed E-state index contributed by atoms with van der Waals surface area (Å²) in [5.74, 6) is -0.921. The second-order valence-corrected chi connectivity index (χ2v) is 18.5. The zero-order valence-corrected chi connectivity index (χ0v) is 44.3. The zero-order valence-electron chi connectivity index (χ0n) is 44.3. The van der Waals surface area contributed by atoms with Gasteiger partial charge in [-0.15, -0.1) is 0 Å². The number of unbranched alkanes of at least 4 members (excludes halogenated alkanes) is 23. The minimum absolute atomic E-state index is 0.0866. The number of esters is 3. The lowest BCUT2D eigenvalue weighted by atomic mass is 10.1. The molecule has 6 heteroatoms. The molecular formula is C62H104O6. The van der Waals surface area contributed by atoms with Crippen molar-refractivity contribution in [3.63, 3.8) is 0 Å². The van der Waals surface area contributed by atoms with Gasteiger partial charge in [0.25, 0.3) is 0 Å². The molecule has 0 aliphatic rings. The highest BCUT2D eigenvalue weighted by Gasteiger charge is 2.19. The fraction of sp³-hybridized carbons (Fsp3) is 0.694. The molecule has 0 aromatic heterocycles. The molecule has 0 aliphatic carbocycles. The van der Waals surface area contributed by atoms with Gasteiger partial charge in [-0.25, -0.2) is 0 Å². The van der Waals surface area contributed by atoms with Gasteiger partial charge in [0.15, 0.2) is 6.10 Å². The molecule has 1 atom stereocenters. The maximum absolute atomic E-state index is 12.8. The van der Waals surface area contributed by atoms with Gasteiger partial charge in [0.1, 0.15) is 13.2 Å². The van der Waals surface area contributed by atoms with E-state index in [0.717, 1.165) is 135 Å². The molecule has 0 fully saturated rings. The summed E-state index contributed by atoms with van der Waals surface area (Å²) >= 11 is 0. The van der Waals surface area contributed by atoms with Crippen LogP contribution < -0.4 is 0 Å². The Bertz CT molecular complexity index is 1360. The largest absolute Gasteiger partial charge is 0.462 e. The molecule has 6 nitrogen and oxygen atoms in total. The van der Waals surface area contributed by atoms with Gasteiger partial charge in [0.05, 0.1) is 0 Å². The van der Waals surface area contributed by atoms with E-state index < -0.39 is 6.10 Å². The van der Waals surface area contributed by atoms with Crippen LogP contribution in [0.3, 0.4) is 0 Å². The predicted molar refractivity (Wildman–Crippen MR) is 293 cm³/mol. The van der Waals surface area contributed by atoms with Crippen molar-refractivity contribution in [2.75, 3.05) is 13.2 Å². The highest BCUT2D eigenvalue weighted by atomic mass is 16.6. The summed E-state index contributed by atoms with van der Waals surface area (Å²) < 4.78 is 16.7. The molecule has 0 aliphatic heterocycles. The van der Waals surface area contributed by atoms with E-state index >= 15 is 0 Å². The molecule has 0 saturated carbocycles. The van der Waals surface area contributed by atoms with Crippen LogP contribution in [0.5, 0.6) is 0 Å². The van der Waals surface area contributed by atoms with E-state index in [1.165, 1.54) is 83.5 Å². The fourth-order valence-corrected chi connectivity index (χ4v) is 7.59. The Labute approximate surface area is 419 Å². The van der Waals surface area contributed by atoms with Gasteiger partial charge >= 0.3 is 17.9 Å². The highest BCUT2D eigenvalue weighted by molar-refractivity contribution is 5.71. The summed E-state index contributed by atoms with van der Waals surface area (Å²) in [6.45, 7) is 6.46. The molecule has 0 N–H and O–H groups in total. The van der Waals surface area contributed by atoms with E-state index in [1.807, 2.05) is 0 Å². The second-order valence-electron chi connectivity index (χ2n) is 18.5. The highest BCUT2D eigenvalue weighted by Crippen LogP contribution is 2.14. The van der Waals surface area contributed by atoms with Crippen LogP contribution in [0.15, 0.2) is 97.2 Å². The minimum Gasteiger partial charge on any atom is -0.462 e. The van der Waals surface area contributed by atoms with Crippen molar-refractivity contribution in [3.05, 3.63) is 97.2 Å². The number of ether oxygens (including phenoxy) is 3. The Balaban J connectivity index is 4.25. The number of hydrogen-bond acceptors (Lipinski definition) is 6. The molecule has 0 aromatic carbocycles. The third-order valence-corrected chi connectivity index (χ3v) is 11.8. The van der Waals surface area contributed by atoms with Crippen LogP contribution in [0.25, 0.3) is 0 Å². The van der Waals surface area contributed by atoms with Gasteiger partial charge in [-0.1, -0.05) is 234 Å². The van der Waals surface area contributed by atoms with E-state index in [-0.39, 0.29) is 31.1 Å². The SMILES string of the molecule is CC/C=C\C/C=C\C/C=C\C/C=C\C/C=C\C/C=C\C/C=C\CCCCCCCC(=O)OCC(COC(=O)CCCCCCCCC)OC(=O)CCCCCCC/C=C\CCCCCCCCC. The van der Waals surface area contributed by atoms with E-state index in [1.54, 1.807) is 0 Å². The Morgan fingerprint density at radius 2 is 0.574 bits per heavy atom. The summed E-state index contributed by atoms with van der Waals surface area (Å²) in [5.41, 5.74) is 0. The fourth-order valence-electron chi connectivity index (χ4n) is 7.59. The van der Waals surface area contributed by atoms with E-state index in [4.69, 9.17) is 14.2 Å². The minimum atomic E-state index is -0.787. The molecule has 388 valence electrons. The first-order chi connectivity index (χ1) is 33.5. The van der Waals surface area contributed by atoms with Crippen molar-refractivity contribution in [1.82, 2.24) is 0 Å². The van der Waals surface area contributed by atoms with Crippen molar-refractivity contribution in [2.45, 2.75) is 264 Å². The van der Waals surface area contributed by atoms with Crippen LogP contribution in [0.4, 0.5) is 0 Å². The van der Waals surface area contributed by atoms with E-state index in [2.05, 4.69) is 118 Å². The van der Waals surface area contributed by atoms with Crippen LogP contribution in [0.2, 0.25) is 0 Å². The summed E-state index contributed by atoms with van der Waals surface area (Å²) in [4.78, 5) is 37.9. The molecule has 0 saturated heterocycles. The lowest BCUT2D eigenvalue weighted by Crippen LogP contribution is -2.30. The average molecular weight is 946 g/mol. The summed E-state index contributed by atoms with van der Waals surface area (Å²) in [7, 11) is 0. The molecule has 0 bridgehead atoms. The van der Waals surface area contributed by atoms with Gasteiger partial charge in [-0.2, -0.15) is 0 Å². The van der Waals surface area contributed by atoms with Crippen molar-refractivity contribution in [3.8, 4) is 0 Å². The number of hydrogen-bond donors (Lipinski definition) is 0. The molecule has 0 aromatic rings. The Morgan fingerprint density at radius 3 is 0.912 bits per heavy atom. The van der Waals surface area contributed by atoms with Gasteiger partial charge in [-0.05, 0) is 103 Å². The molecule has 0 spiro atoms. The summed E-state index contributed by atoms with van der Waals surface area (Å²) in [6, 6.07) is 0. The first-order valence-corrected chi connectivity index (χ1v) is 28.2. The number of rotatable bonds is 50. The maximum atomic E-state index is 12.8. The zero-order chi connectivity index (χ0) is 49.3. The van der Waals surface area contributed by atoms with Gasteiger partial charge < -0.3 is 14.2 Å².